The standard InChI is InChI=1S/C5H10.2CH3.4W.9Y/c1-3-5-4-2;;;;;;;;;;;;;;;/h1-5H2;2*1H3;;;;;;;;;;;;;/q-2;2*-1;;;;;;;;;;;;;. The molecular weight excluding hydrogens is 1620 g/mol. The molecule has 0 atom stereocenters. The fraction of sp³-hybridized carbons (Fsp3) is 0.429. The van der Waals surface area contributed by atoms with Crippen LogP contribution in [0.3, 0.4) is 0 Å². The molecule has 0 amide bonds. The van der Waals surface area contributed by atoms with Crippen molar-refractivity contribution in [1.29, 1.82) is 0 Å². The maximum Gasteiger partial charge on any atom is 0 e. The summed E-state index contributed by atoms with van der Waals surface area (Å²) >= 11 is 0. The van der Waals surface area contributed by atoms with Crippen molar-refractivity contribution in [1.82, 2.24) is 0 Å². The van der Waals surface area contributed by atoms with Crippen LogP contribution >= 0.6 is 0 Å². The van der Waals surface area contributed by atoms with Gasteiger partial charge in [0.25, 0.3) is 0 Å². The van der Waals surface area contributed by atoms with Crippen LogP contribution in [0, 0.1) is 28.7 Å². The van der Waals surface area contributed by atoms with Crippen LogP contribution in [0.4, 0.5) is 0 Å². The molecule has 9 radical (unpaired) electrons. The van der Waals surface area contributed by atoms with Gasteiger partial charge in [-0.15, -0.1) is 6.42 Å². The Morgan fingerprint density at radius 2 is 0.500 bits per heavy atom. The van der Waals surface area contributed by atoms with Gasteiger partial charge in [-0.05, 0) is 0 Å². The quantitative estimate of drug-likeness (QED) is 0.374. The van der Waals surface area contributed by atoms with Crippen molar-refractivity contribution >= 4 is 0 Å². The van der Waals surface area contributed by atoms with Gasteiger partial charge in [-0.1, -0.05) is 0 Å². The van der Waals surface area contributed by atoms with E-state index in [9.17, 15) is 0 Å². The first-order valence-corrected chi connectivity index (χ1v) is 2.00. The topological polar surface area (TPSA) is 0 Å². The molecule has 99 valence electrons. The van der Waals surface area contributed by atoms with Crippen LogP contribution in [-0.2, 0) is 379 Å². The maximum absolute atomic E-state index is 3.64. The van der Waals surface area contributed by atoms with Gasteiger partial charge < -0.3 is 28.7 Å². The summed E-state index contributed by atoms with van der Waals surface area (Å²) in [6.07, 6.45) is 3.23. The average Bonchev–Trinajstić information content (AvgIpc) is 1.41. The van der Waals surface area contributed by atoms with Crippen molar-refractivity contribution in [3.63, 3.8) is 0 Å². The fourth-order valence-corrected chi connectivity index (χ4v) is 0.177. The summed E-state index contributed by atoms with van der Waals surface area (Å²) in [6.45, 7) is 7.27. The minimum absolute atomic E-state index is 0. The van der Waals surface area contributed by atoms with Gasteiger partial charge >= 0.3 is 0 Å². The van der Waals surface area contributed by atoms with E-state index in [1.807, 2.05) is 0 Å². The van der Waals surface area contributed by atoms with E-state index >= 15 is 0 Å². The predicted octanol–water partition coefficient (Wildman–Crippen LogP) is 2.69. The minimum Gasteiger partial charge on any atom is -0.358 e. The largest absolute Gasteiger partial charge is 0.358 e. The molecule has 0 aromatic heterocycles. The zero-order valence-corrected chi connectivity index (χ0v) is 49.6. The molecule has 0 aromatic carbocycles. The average molecular weight is 1640 g/mol. The minimum atomic E-state index is 0. The van der Waals surface area contributed by atoms with Crippen LogP contribution in [0.15, 0.2) is 0 Å². The third-order valence-corrected chi connectivity index (χ3v) is 0.500. The van der Waals surface area contributed by atoms with E-state index in [4.69, 9.17) is 0 Å². The van der Waals surface area contributed by atoms with Crippen LogP contribution in [0.2, 0.25) is 0 Å². The molecule has 0 spiro atoms. The molecule has 0 unspecified atom stereocenters. The van der Waals surface area contributed by atoms with Crippen molar-refractivity contribution in [3.8, 4) is 0 Å². The van der Waals surface area contributed by atoms with Crippen LogP contribution in [0.5, 0.6) is 0 Å². The second-order valence-corrected chi connectivity index (χ2v) is 1.06. The van der Waals surface area contributed by atoms with E-state index in [-0.39, 0.29) is 393 Å². The van der Waals surface area contributed by atoms with Crippen molar-refractivity contribution < 1.29 is 379 Å². The summed E-state index contributed by atoms with van der Waals surface area (Å²) in [4.78, 5) is 0. The maximum atomic E-state index is 3.64. The summed E-state index contributed by atoms with van der Waals surface area (Å²) < 4.78 is 0. The Bertz CT molecular complexity index is 37.8. The number of hydrogen-bond acceptors (Lipinski definition) is 0. The fourth-order valence-electron chi connectivity index (χ4n) is 0.177. The summed E-state index contributed by atoms with van der Waals surface area (Å²) in [5.41, 5.74) is 0. The van der Waals surface area contributed by atoms with E-state index in [1.165, 1.54) is 6.42 Å². The van der Waals surface area contributed by atoms with Crippen LogP contribution in [-0.4, -0.2) is 0 Å². The van der Waals surface area contributed by atoms with E-state index in [2.05, 4.69) is 13.8 Å². The number of rotatable bonds is 2. The molecule has 0 aliphatic carbocycles. The van der Waals surface area contributed by atoms with Crippen LogP contribution in [0.1, 0.15) is 19.3 Å². The predicted molar refractivity (Wildman–Crippen MR) is 37.4 cm³/mol. The molecule has 0 N–H and O–H groups in total. The zero-order valence-electron chi connectivity index (χ0n) is 12.4. The summed E-state index contributed by atoms with van der Waals surface area (Å²) in [7, 11) is 0. The van der Waals surface area contributed by atoms with Crippen molar-refractivity contribution in [2.75, 3.05) is 0 Å². The molecule has 0 rings (SSSR count). The van der Waals surface area contributed by atoms with E-state index in [0.717, 1.165) is 12.8 Å². The summed E-state index contributed by atoms with van der Waals surface area (Å²) in [5, 5.41) is 0. The van der Waals surface area contributed by atoms with E-state index < -0.39 is 0 Å². The van der Waals surface area contributed by atoms with Crippen molar-refractivity contribution in [2.45, 2.75) is 19.3 Å². The smallest absolute Gasteiger partial charge is 0 e. The molecular formula is C7H16W4Y9-4. The Labute approximate surface area is 413 Å². The molecule has 0 saturated heterocycles. The van der Waals surface area contributed by atoms with Crippen molar-refractivity contribution in [2.24, 2.45) is 0 Å². The van der Waals surface area contributed by atoms with Gasteiger partial charge in [0.1, 0.15) is 0 Å². The molecule has 0 saturated carbocycles. The molecule has 0 bridgehead atoms. The molecule has 13 heteroatoms. The summed E-state index contributed by atoms with van der Waals surface area (Å²) in [6, 6.07) is 0. The third-order valence-electron chi connectivity index (χ3n) is 0.500. The molecule has 0 fully saturated rings. The normalized spacial score (nSPS) is 2.10. The molecule has 0 aliphatic heterocycles. The van der Waals surface area contributed by atoms with E-state index in [0.29, 0.717) is 0 Å². The Morgan fingerprint density at radius 3 is 0.500 bits per heavy atom. The molecule has 0 aromatic rings. The van der Waals surface area contributed by atoms with Gasteiger partial charge in [0, 0.05) is 379 Å². The first-order valence-electron chi connectivity index (χ1n) is 2.00. The van der Waals surface area contributed by atoms with Gasteiger partial charge in [-0.25, -0.2) is 0 Å². The third kappa shape index (κ3) is 125. The van der Waals surface area contributed by atoms with Gasteiger partial charge in [0.05, 0.1) is 0 Å². The van der Waals surface area contributed by atoms with Gasteiger partial charge in [0.2, 0.25) is 0 Å². The summed E-state index contributed by atoms with van der Waals surface area (Å²) in [5.74, 6) is 0. The Kier molecular flexibility index (Phi) is 715. The van der Waals surface area contributed by atoms with Crippen LogP contribution in [0.25, 0.3) is 0 Å². The number of unbranched alkanes of at least 4 members (excludes halogenated alkanes) is 2. The molecule has 0 heterocycles. The van der Waals surface area contributed by atoms with Crippen LogP contribution < -0.4 is 0 Å². The Morgan fingerprint density at radius 1 is 0.400 bits per heavy atom. The monoisotopic (exact) mass is 1640 g/mol. The Hall–Kier alpha value is 12.7. The zero-order chi connectivity index (χ0) is 4.12. The first-order chi connectivity index (χ1) is 2.41. The van der Waals surface area contributed by atoms with Crippen molar-refractivity contribution in [3.05, 3.63) is 28.7 Å². The van der Waals surface area contributed by atoms with Gasteiger partial charge in [-0.3, -0.25) is 0 Å². The van der Waals surface area contributed by atoms with Gasteiger partial charge in [-0.2, -0.15) is 12.8 Å². The number of hydrogen-bond donors (Lipinski definition) is 0. The second kappa shape index (κ2) is 121. The molecule has 0 aliphatic rings. The Balaban J connectivity index is -0.000000000762. The molecule has 0 nitrogen and oxygen atoms in total. The molecule has 20 heavy (non-hydrogen) atoms. The first kappa shape index (κ1) is 118. The SMILES string of the molecule is [CH2-]CCC[CH2-].[CH3-].[CH3-].[W].[W].[W].[W].[Y].[Y].[Y].[Y].[Y].[Y].[Y].[Y].[Y]. The van der Waals surface area contributed by atoms with Gasteiger partial charge in [0.15, 0.2) is 0 Å². The van der Waals surface area contributed by atoms with E-state index in [1.54, 1.807) is 0 Å². The second-order valence-electron chi connectivity index (χ2n) is 1.06.